The predicted molar refractivity (Wildman–Crippen MR) is 211 cm³/mol. The van der Waals surface area contributed by atoms with E-state index in [0.29, 0.717) is 0 Å². The Morgan fingerprint density at radius 3 is 1.88 bits per heavy atom. The van der Waals surface area contributed by atoms with Crippen LogP contribution < -0.4 is 0 Å². The highest BCUT2D eigenvalue weighted by Crippen LogP contribution is 2.53. The van der Waals surface area contributed by atoms with Crippen molar-refractivity contribution in [1.82, 2.24) is 0 Å². The van der Waals surface area contributed by atoms with Gasteiger partial charge in [-0.1, -0.05) is 162 Å². The fourth-order valence-corrected chi connectivity index (χ4v) is 9.21. The molecule has 0 saturated heterocycles. The average Bonchev–Trinajstić information content (AvgIpc) is 3.42. The third-order valence-electron chi connectivity index (χ3n) is 12.1. The Kier molecular flexibility index (Phi) is 6.79. The van der Waals surface area contributed by atoms with Gasteiger partial charge in [-0.25, -0.2) is 0 Å². The van der Waals surface area contributed by atoms with E-state index in [-0.39, 0.29) is 10.8 Å². The average molecular weight is 633 g/mol. The van der Waals surface area contributed by atoms with Crippen LogP contribution in [0.4, 0.5) is 0 Å². The Morgan fingerprint density at radius 2 is 1.18 bits per heavy atom. The van der Waals surface area contributed by atoms with Crippen LogP contribution in [0.3, 0.4) is 0 Å². The van der Waals surface area contributed by atoms with E-state index in [1.807, 2.05) is 0 Å². The first-order valence-electron chi connectivity index (χ1n) is 18.2. The van der Waals surface area contributed by atoms with Crippen molar-refractivity contribution in [3.05, 3.63) is 155 Å². The smallest absolute Gasteiger partial charge is 0.0210 e. The van der Waals surface area contributed by atoms with Crippen LogP contribution in [-0.4, -0.2) is 0 Å². The lowest BCUT2D eigenvalue weighted by molar-refractivity contribution is 0.490. The summed E-state index contributed by atoms with van der Waals surface area (Å²) in [5.74, 6) is 0. The van der Waals surface area contributed by atoms with Crippen molar-refractivity contribution in [3.8, 4) is 44.5 Å². The summed E-state index contributed by atoms with van der Waals surface area (Å²) < 4.78 is 0. The second kappa shape index (κ2) is 11.0. The number of hydrogen-bond acceptors (Lipinski definition) is 0. The highest BCUT2D eigenvalue weighted by molar-refractivity contribution is 6.05. The van der Waals surface area contributed by atoms with E-state index in [1.54, 1.807) is 0 Å². The van der Waals surface area contributed by atoms with Crippen LogP contribution in [0.5, 0.6) is 0 Å². The SMILES string of the molecule is CCC1(CC)c2ccccc2-c2ccc(-c3ccc(-c4ccc(-c5ccc6ccc7c8c6c5CC=C8CC(C(C)(C)C)=C7)cc4)cc3)cc21. The first-order valence-corrected chi connectivity index (χ1v) is 18.2. The maximum absolute atomic E-state index is 2.50. The molecule has 0 heteroatoms. The van der Waals surface area contributed by atoms with Crippen LogP contribution >= 0.6 is 0 Å². The van der Waals surface area contributed by atoms with Gasteiger partial charge in [-0.3, -0.25) is 0 Å². The van der Waals surface area contributed by atoms with Crippen LogP contribution in [0.1, 0.15) is 81.7 Å². The fraction of sp³-hybridized carbons (Fsp3) is 0.224. The molecule has 0 fully saturated rings. The number of hydrogen-bond donors (Lipinski definition) is 0. The quantitative estimate of drug-likeness (QED) is 0.177. The van der Waals surface area contributed by atoms with Gasteiger partial charge in [-0.05, 0) is 126 Å². The van der Waals surface area contributed by atoms with Crippen LogP contribution in [0.25, 0.3) is 66.9 Å². The number of fused-ring (bicyclic) bond motifs is 3. The number of allylic oxidation sites excluding steroid dienone is 3. The summed E-state index contributed by atoms with van der Waals surface area (Å²) in [6.45, 7) is 11.7. The third kappa shape index (κ3) is 4.57. The number of benzene rings is 6. The maximum Gasteiger partial charge on any atom is 0.0210 e. The van der Waals surface area contributed by atoms with Gasteiger partial charge in [0.05, 0.1) is 0 Å². The molecule has 0 radical (unpaired) electrons. The molecule has 6 aromatic rings. The van der Waals surface area contributed by atoms with Crippen molar-refractivity contribution >= 4 is 22.4 Å². The van der Waals surface area contributed by atoms with Crippen LogP contribution in [0.15, 0.2) is 127 Å². The topological polar surface area (TPSA) is 0 Å². The zero-order chi connectivity index (χ0) is 33.5. The molecule has 240 valence electrons. The number of rotatable bonds is 5. The van der Waals surface area contributed by atoms with Crippen LogP contribution in [-0.2, 0) is 11.8 Å². The zero-order valence-corrected chi connectivity index (χ0v) is 29.5. The van der Waals surface area contributed by atoms with E-state index < -0.39 is 0 Å². The molecule has 0 N–H and O–H groups in total. The molecule has 9 rings (SSSR count). The van der Waals surface area contributed by atoms with Gasteiger partial charge < -0.3 is 0 Å². The molecule has 0 unspecified atom stereocenters. The third-order valence-corrected chi connectivity index (χ3v) is 12.1. The van der Waals surface area contributed by atoms with Gasteiger partial charge in [-0.2, -0.15) is 0 Å². The van der Waals surface area contributed by atoms with Gasteiger partial charge in [0, 0.05) is 5.41 Å². The fourth-order valence-electron chi connectivity index (χ4n) is 9.21. The first kappa shape index (κ1) is 30.1. The first-order chi connectivity index (χ1) is 23.8. The van der Waals surface area contributed by atoms with Gasteiger partial charge in [0.25, 0.3) is 0 Å². The van der Waals surface area contributed by atoms with Gasteiger partial charge in [0.1, 0.15) is 0 Å². The highest BCUT2D eigenvalue weighted by atomic mass is 14.4. The van der Waals surface area contributed by atoms with Crippen LogP contribution in [0, 0.1) is 5.41 Å². The molecule has 3 aliphatic rings. The van der Waals surface area contributed by atoms with Crippen molar-refractivity contribution < 1.29 is 0 Å². The summed E-state index contributed by atoms with van der Waals surface area (Å²) in [5, 5.41) is 2.82. The van der Waals surface area contributed by atoms with Gasteiger partial charge >= 0.3 is 0 Å². The molecule has 0 bridgehead atoms. The molecule has 0 heterocycles. The summed E-state index contributed by atoms with van der Waals surface area (Å²) in [7, 11) is 0. The van der Waals surface area contributed by atoms with Crippen molar-refractivity contribution in [2.24, 2.45) is 5.41 Å². The minimum atomic E-state index is 0.0951. The molecule has 0 saturated carbocycles. The lowest BCUT2D eigenvalue weighted by atomic mass is 9.72. The second-order valence-electron chi connectivity index (χ2n) is 15.5. The van der Waals surface area contributed by atoms with Gasteiger partial charge in [0.2, 0.25) is 0 Å². The largest absolute Gasteiger partial charge is 0.0759 e. The molecule has 0 spiro atoms. The van der Waals surface area contributed by atoms with Gasteiger partial charge in [-0.15, -0.1) is 0 Å². The molecule has 0 amide bonds. The molecular weight excluding hydrogens is 589 g/mol. The zero-order valence-electron chi connectivity index (χ0n) is 29.5. The molecule has 3 aliphatic carbocycles. The normalized spacial score (nSPS) is 15.4. The molecule has 0 aromatic heterocycles. The summed E-state index contributed by atoms with van der Waals surface area (Å²) in [6.07, 6.45) is 9.24. The summed E-state index contributed by atoms with van der Waals surface area (Å²) in [5.41, 5.74) is 21.2. The second-order valence-corrected chi connectivity index (χ2v) is 15.5. The molecule has 0 atom stereocenters. The lowest BCUT2D eigenvalue weighted by Gasteiger charge is -2.32. The van der Waals surface area contributed by atoms with E-state index in [2.05, 4.69) is 162 Å². The molecular formula is C49H44. The summed E-state index contributed by atoms with van der Waals surface area (Å²) >= 11 is 0. The van der Waals surface area contributed by atoms with E-state index in [1.165, 1.54) is 94.2 Å². The van der Waals surface area contributed by atoms with Gasteiger partial charge in [0.15, 0.2) is 0 Å². The summed E-state index contributed by atoms with van der Waals surface area (Å²) in [4.78, 5) is 0. The Morgan fingerprint density at radius 1 is 0.592 bits per heavy atom. The molecule has 0 aliphatic heterocycles. The minimum absolute atomic E-state index is 0.0951. The van der Waals surface area contributed by atoms with E-state index in [9.17, 15) is 0 Å². The minimum Gasteiger partial charge on any atom is -0.0759 e. The molecule has 6 aromatic carbocycles. The van der Waals surface area contributed by atoms with E-state index >= 15 is 0 Å². The van der Waals surface area contributed by atoms with E-state index in [0.717, 1.165) is 25.7 Å². The van der Waals surface area contributed by atoms with Crippen molar-refractivity contribution in [3.63, 3.8) is 0 Å². The molecule has 0 nitrogen and oxygen atoms in total. The van der Waals surface area contributed by atoms with E-state index in [4.69, 9.17) is 0 Å². The molecule has 49 heavy (non-hydrogen) atoms. The Hall–Kier alpha value is -4.94. The lowest BCUT2D eigenvalue weighted by Crippen LogP contribution is -2.23. The highest BCUT2D eigenvalue weighted by Gasteiger charge is 2.40. The van der Waals surface area contributed by atoms with Crippen molar-refractivity contribution in [1.29, 1.82) is 0 Å². The standard InChI is InChI=1S/C49H44/c1-6-49(7-2)44-11-9-8-10-41(44)42-26-23-36(30-45(42)49)33-14-12-31(13-15-33)32-16-18-34(19-17-32)40-25-22-35-20-21-37-28-39(48(3,4)5)29-38-24-27-43(40)47(35)46(37)38/h8-26,28,30H,6-7,27,29H2,1-5H3. The Labute approximate surface area is 291 Å². The Balaban J connectivity index is 1.02. The summed E-state index contributed by atoms with van der Waals surface area (Å²) in [6, 6.07) is 43.9. The monoisotopic (exact) mass is 632 g/mol. The maximum atomic E-state index is 2.50. The van der Waals surface area contributed by atoms with Crippen LogP contribution in [0.2, 0.25) is 0 Å². The predicted octanol–water partition coefficient (Wildman–Crippen LogP) is 13.7. The van der Waals surface area contributed by atoms with Crippen molar-refractivity contribution in [2.75, 3.05) is 0 Å². The van der Waals surface area contributed by atoms with Crippen molar-refractivity contribution in [2.45, 2.75) is 65.7 Å². The Bertz CT molecular complexity index is 2350.